The zero-order chi connectivity index (χ0) is 25.5. The van der Waals surface area contributed by atoms with Gasteiger partial charge < -0.3 is 10.2 Å². The average molecular weight is 508 g/mol. The van der Waals surface area contributed by atoms with Crippen molar-refractivity contribution in [3.63, 3.8) is 0 Å². The van der Waals surface area contributed by atoms with Crippen LogP contribution in [0.2, 0.25) is 5.02 Å². The summed E-state index contributed by atoms with van der Waals surface area (Å²) in [6.45, 7) is 7.35. The Bertz CT molecular complexity index is 1110. The number of nitrogens with one attached hydrogen (secondary N) is 1. The van der Waals surface area contributed by atoms with Gasteiger partial charge in [0.25, 0.3) is 0 Å². The van der Waals surface area contributed by atoms with Crippen molar-refractivity contribution in [2.24, 2.45) is 0 Å². The van der Waals surface area contributed by atoms with Gasteiger partial charge in [-0.25, -0.2) is 8.42 Å². The standard InChI is InChI=1S/C25H34ClN3O4S/c1-6-19(4)27-25(31)22(7-2)28(16-20-13-9-8-12-18(20)3)24(30)17-29(34(5,32)33)23-15-11-10-14-21(23)26/h8-15,19,22H,6-7,16-17H2,1-5H3,(H,27,31)/t19-,22-/m1/s1. The van der Waals surface area contributed by atoms with Crippen LogP contribution in [0.1, 0.15) is 44.7 Å². The molecule has 0 aliphatic carbocycles. The van der Waals surface area contributed by atoms with Gasteiger partial charge in [-0.05, 0) is 49.9 Å². The lowest BCUT2D eigenvalue weighted by molar-refractivity contribution is -0.140. The molecule has 0 aromatic heterocycles. The van der Waals surface area contributed by atoms with Gasteiger partial charge >= 0.3 is 0 Å². The predicted molar refractivity (Wildman–Crippen MR) is 137 cm³/mol. The average Bonchev–Trinajstić information content (AvgIpc) is 2.78. The van der Waals surface area contributed by atoms with Gasteiger partial charge in [-0.15, -0.1) is 0 Å². The molecule has 0 saturated heterocycles. The molecule has 2 rings (SSSR count). The van der Waals surface area contributed by atoms with Crippen LogP contribution in [0.15, 0.2) is 48.5 Å². The maximum atomic E-state index is 13.7. The zero-order valence-electron chi connectivity index (χ0n) is 20.4. The van der Waals surface area contributed by atoms with Crippen molar-refractivity contribution in [3.05, 3.63) is 64.7 Å². The van der Waals surface area contributed by atoms with Crippen molar-refractivity contribution in [1.82, 2.24) is 10.2 Å². The van der Waals surface area contributed by atoms with Crippen LogP contribution in [0, 0.1) is 6.92 Å². The molecule has 34 heavy (non-hydrogen) atoms. The highest BCUT2D eigenvalue weighted by Gasteiger charge is 2.32. The van der Waals surface area contributed by atoms with E-state index in [2.05, 4.69) is 5.32 Å². The van der Waals surface area contributed by atoms with E-state index in [0.717, 1.165) is 28.1 Å². The second-order valence-corrected chi connectivity index (χ2v) is 10.7. The van der Waals surface area contributed by atoms with Gasteiger partial charge in [0.15, 0.2) is 0 Å². The summed E-state index contributed by atoms with van der Waals surface area (Å²) in [6.07, 6.45) is 2.16. The number of hydrogen-bond acceptors (Lipinski definition) is 4. The maximum Gasteiger partial charge on any atom is 0.244 e. The molecule has 0 saturated carbocycles. The molecule has 2 amide bonds. The Labute approximate surface area is 208 Å². The third-order valence-corrected chi connectivity index (χ3v) is 7.24. The minimum atomic E-state index is -3.82. The summed E-state index contributed by atoms with van der Waals surface area (Å²) < 4.78 is 26.2. The van der Waals surface area contributed by atoms with E-state index in [1.807, 2.05) is 52.0 Å². The first kappa shape index (κ1) is 27.7. The van der Waals surface area contributed by atoms with Crippen molar-refractivity contribution in [2.45, 2.75) is 59.2 Å². The molecule has 2 atom stereocenters. The zero-order valence-corrected chi connectivity index (χ0v) is 22.0. The minimum Gasteiger partial charge on any atom is -0.352 e. The van der Waals surface area contributed by atoms with Crippen molar-refractivity contribution < 1.29 is 18.0 Å². The summed E-state index contributed by atoms with van der Waals surface area (Å²) in [7, 11) is -3.82. The van der Waals surface area contributed by atoms with E-state index in [9.17, 15) is 18.0 Å². The maximum absolute atomic E-state index is 13.7. The number of benzene rings is 2. The second kappa shape index (κ2) is 12.2. The van der Waals surface area contributed by atoms with Crippen LogP contribution in [0.4, 0.5) is 5.69 Å². The fourth-order valence-electron chi connectivity index (χ4n) is 3.58. The Kier molecular flexibility index (Phi) is 9.94. The smallest absolute Gasteiger partial charge is 0.244 e. The van der Waals surface area contributed by atoms with Crippen LogP contribution in [0.25, 0.3) is 0 Å². The van der Waals surface area contributed by atoms with Crippen molar-refractivity contribution in [3.8, 4) is 0 Å². The van der Waals surface area contributed by atoms with Gasteiger partial charge in [0, 0.05) is 12.6 Å². The number of para-hydroxylation sites is 1. The molecule has 2 aromatic carbocycles. The Balaban J connectivity index is 2.47. The highest BCUT2D eigenvalue weighted by Crippen LogP contribution is 2.27. The first-order chi connectivity index (χ1) is 16.0. The minimum absolute atomic E-state index is 0.0485. The van der Waals surface area contributed by atoms with Gasteiger partial charge in [0.2, 0.25) is 21.8 Å². The van der Waals surface area contributed by atoms with Crippen molar-refractivity contribution in [1.29, 1.82) is 0 Å². The second-order valence-electron chi connectivity index (χ2n) is 8.41. The molecular weight excluding hydrogens is 474 g/mol. The number of hydrogen-bond donors (Lipinski definition) is 1. The van der Waals surface area contributed by atoms with E-state index >= 15 is 0 Å². The van der Waals surface area contributed by atoms with E-state index in [1.54, 1.807) is 24.3 Å². The molecule has 0 bridgehead atoms. The number of amides is 2. The Hall–Kier alpha value is -2.58. The molecule has 7 nitrogen and oxygen atoms in total. The first-order valence-electron chi connectivity index (χ1n) is 11.4. The SMILES string of the molecule is CC[C@@H](C)NC(=O)[C@@H](CC)N(Cc1ccccc1C)C(=O)CN(c1ccccc1Cl)S(C)(=O)=O. The number of sulfonamides is 1. The molecule has 9 heteroatoms. The van der Waals surface area contributed by atoms with Gasteiger partial charge in [0.1, 0.15) is 12.6 Å². The number of rotatable bonds is 11. The number of anilines is 1. The van der Waals surface area contributed by atoms with E-state index in [4.69, 9.17) is 11.6 Å². The van der Waals surface area contributed by atoms with E-state index in [0.29, 0.717) is 6.42 Å². The van der Waals surface area contributed by atoms with Gasteiger partial charge in [-0.2, -0.15) is 0 Å². The largest absolute Gasteiger partial charge is 0.352 e. The Morgan fingerprint density at radius 2 is 1.65 bits per heavy atom. The first-order valence-corrected chi connectivity index (χ1v) is 13.6. The quantitative estimate of drug-likeness (QED) is 0.495. The molecular formula is C25H34ClN3O4S. The van der Waals surface area contributed by atoms with Gasteiger partial charge in [-0.3, -0.25) is 13.9 Å². The molecule has 0 spiro atoms. The number of carbonyl (C=O) groups is 2. The van der Waals surface area contributed by atoms with Crippen LogP contribution in [0.3, 0.4) is 0 Å². The molecule has 2 aromatic rings. The number of halogens is 1. The molecule has 0 aliphatic rings. The summed E-state index contributed by atoms with van der Waals surface area (Å²) in [5.74, 6) is -0.748. The summed E-state index contributed by atoms with van der Waals surface area (Å²) >= 11 is 6.26. The Morgan fingerprint density at radius 1 is 1.03 bits per heavy atom. The van der Waals surface area contributed by atoms with Gasteiger partial charge in [-0.1, -0.05) is 61.8 Å². The fraction of sp³-hybridized carbons (Fsp3) is 0.440. The van der Waals surface area contributed by atoms with Crippen LogP contribution in [-0.2, 0) is 26.2 Å². The molecule has 1 N–H and O–H groups in total. The van der Waals surface area contributed by atoms with Crippen molar-refractivity contribution in [2.75, 3.05) is 17.1 Å². The third-order valence-electron chi connectivity index (χ3n) is 5.79. The van der Waals surface area contributed by atoms with Crippen LogP contribution in [-0.4, -0.2) is 50.0 Å². The van der Waals surface area contributed by atoms with E-state index < -0.39 is 28.5 Å². The summed E-state index contributed by atoms with van der Waals surface area (Å²) in [5.41, 5.74) is 2.07. The summed E-state index contributed by atoms with van der Waals surface area (Å²) in [4.78, 5) is 28.2. The molecule has 186 valence electrons. The molecule has 0 fully saturated rings. The molecule has 0 unspecified atom stereocenters. The van der Waals surface area contributed by atoms with Crippen LogP contribution >= 0.6 is 11.6 Å². The fourth-order valence-corrected chi connectivity index (χ4v) is 4.73. The number of aryl methyl sites for hydroxylation is 1. The normalized spacial score (nSPS) is 13.1. The summed E-state index contributed by atoms with van der Waals surface area (Å²) in [5, 5.41) is 3.17. The highest BCUT2D eigenvalue weighted by molar-refractivity contribution is 7.92. The summed E-state index contributed by atoms with van der Waals surface area (Å²) in [6, 6.07) is 13.3. The predicted octanol–water partition coefficient (Wildman–Crippen LogP) is 4.14. The number of carbonyl (C=O) groups excluding carboxylic acids is 2. The van der Waals surface area contributed by atoms with Crippen molar-refractivity contribution >= 4 is 39.1 Å². The third kappa shape index (κ3) is 7.21. The monoisotopic (exact) mass is 507 g/mol. The van der Waals surface area contributed by atoms with Gasteiger partial charge in [0.05, 0.1) is 17.0 Å². The lowest BCUT2D eigenvalue weighted by Crippen LogP contribution is -2.53. The highest BCUT2D eigenvalue weighted by atomic mass is 35.5. The van der Waals surface area contributed by atoms with E-state index in [1.165, 1.54) is 4.90 Å². The lowest BCUT2D eigenvalue weighted by atomic mass is 10.1. The topological polar surface area (TPSA) is 86.8 Å². The number of nitrogens with zero attached hydrogens (tertiary/aromatic N) is 2. The molecule has 0 aliphatic heterocycles. The Morgan fingerprint density at radius 3 is 2.21 bits per heavy atom. The molecule has 0 radical (unpaired) electrons. The van der Waals surface area contributed by atoms with Crippen LogP contribution in [0.5, 0.6) is 0 Å². The lowest BCUT2D eigenvalue weighted by Gasteiger charge is -2.33. The van der Waals surface area contributed by atoms with Crippen LogP contribution < -0.4 is 9.62 Å². The molecule has 0 heterocycles. The van der Waals surface area contributed by atoms with E-state index in [-0.39, 0.29) is 29.2 Å².